The Morgan fingerprint density at radius 3 is 2.80 bits per heavy atom. The molecule has 0 radical (unpaired) electrons. The van der Waals surface area contributed by atoms with Gasteiger partial charge in [-0.1, -0.05) is 33.6 Å². The molecule has 1 aromatic heterocycles. The maximum atomic E-state index is 12.7. The highest BCUT2D eigenvalue weighted by Crippen LogP contribution is 2.28. The number of aromatic nitrogens is 2. The molecular weight excluding hydrogens is 406 g/mol. The quantitative estimate of drug-likeness (QED) is 0.656. The molecule has 0 bridgehead atoms. The number of nitrogens with zero attached hydrogens (tertiary/aromatic N) is 2. The lowest BCUT2D eigenvalue weighted by atomic mass is 10.2. The number of methoxy groups -OCH3 is 1. The van der Waals surface area contributed by atoms with Crippen molar-refractivity contribution in [1.82, 2.24) is 9.78 Å². The molecule has 1 heterocycles. The Hall–Kier alpha value is -2.31. The molecule has 0 aliphatic heterocycles. The van der Waals surface area contributed by atoms with E-state index in [9.17, 15) is 4.79 Å². The topological polar surface area (TPSA) is 56.1 Å². The summed E-state index contributed by atoms with van der Waals surface area (Å²) in [5, 5.41) is 7.78. The van der Waals surface area contributed by atoms with Gasteiger partial charge in [0.2, 0.25) is 0 Å². The average molecular weight is 421 g/mol. The minimum Gasteiger partial charge on any atom is -0.495 e. The van der Waals surface area contributed by atoms with Crippen molar-refractivity contribution >= 4 is 39.1 Å². The molecule has 2 aromatic carbocycles. The molecule has 0 aliphatic rings. The van der Waals surface area contributed by atoms with Crippen LogP contribution in [0.1, 0.15) is 16.1 Å². The van der Waals surface area contributed by atoms with E-state index in [4.69, 9.17) is 16.3 Å². The zero-order valence-corrected chi connectivity index (χ0v) is 15.9. The van der Waals surface area contributed by atoms with Crippen LogP contribution >= 0.6 is 27.5 Å². The van der Waals surface area contributed by atoms with E-state index in [0.717, 1.165) is 10.2 Å². The minimum absolute atomic E-state index is 0.262. The molecule has 0 unspecified atom stereocenters. The molecule has 7 heteroatoms. The van der Waals surface area contributed by atoms with Crippen LogP contribution in [0.5, 0.6) is 5.75 Å². The molecule has 0 fully saturated rings. The summed E-state index contributed by atoms with van der Waals surface area (Å²) >= 11 is 9.42. The molecule has 0 saturated carbocycles. The Labute approximate surface area is 158 Å². The average Bonchev–Trinajstić information content (AvgIpc) is 2.97. The predicted octanol–water partition coefficient (Wildman–Crippen LogP) is 4.86. The Bertz CT molecular complexity index is 940. The van der Waals surface area contributed by atoms with Crippen molar-refractivity contribution in [3.05, 3.63) is 69.4 Å². The first-order chi connectivity index (χ1) is 12.0. The third-order valence-electron chi connectivity index (χ3n) is 3.72. The second-order valence-electron chi connectivity index (χ2n) is 5.33. The van der Waals surface area contributed by atoms with Crippen molar-refractivity contribution in [3.63, 3.8) is 0 Å². The normalized spacial score (nSPS) is 10.6. The first-order valence-electron chi connectivity index (χ1n) is 7.45. The molecule has 1 amide bonds. The largest absolute Gasteiger partial charge is 0.495 e. The van der Waals surface area contributed by atoms with Crippen LogP contribution in [0.2, 0.25) is 5.02 Å². The summed E-state index contributed by atoms with van der Waals surface area (Å²) in [5.41, 5.74) is 2.57. The second-order valence-corrected chi connectivity index (χ2v) is 6.69. The van der Waals surface area contributed by atoms with Crippen molar-refractivity contribution in [3.8, 4) is 11.4 Å². The molecule has 3 rings (SSSR count). The molecule has 1 N–H and O–H groups in total. The van der Waals surface area contributed by atoms with E-state index in [0.29, 0.717) is 27.7 Å². The maximum absolute atomic E-state index is 12.7. The molecule has 0 spiro atoms. The van der Waals surface area contributed by atoms with Gasteiger partial charge >= 0.3 is 0 Å². The zero-order valence-electron chi connectivity index (χ0n) is 13.6. The van der Waals surface area contributed by atoms with Gasteiger partial charge in [0.1, 0.15) is 5.75 Å². The van der Waals surface area contributed by atoms with E-state index >= 15 is 0 Å². The van der Waals surface area contributed by atoms with Crippen molar-refractivity contribution < 1.29 is 9.53 Å². The Kier molecular flexibility index (Phi) is 5.11. The van der Waals surface area contributed by atoms with Gasteiger partial charge in [0, 0.05) is 9.50 Å². The number of anilines is 1. The zero-order chi connectivity index (χ0) is 18.0. The monoisotopic (exact) mass is 419 g/mol. The Balaban J connectivity index is 1.91. The van der Waals surface area contributed by atoms with Crippen LogP contribution in [0.15, 0.2) is 53.1 Å². The van der Waals surface area contributed by atoms with Gasteiger partial charge in [0.05, 0.1) is 35.9 Å². The van der Waals surface area contributed by atoms with Gasteiger partial charge in [0.25, 0.3) is 5.91 Å². The minimum atomic E-state index is -0.262. The van der Waals surface area contributed by atoms with Crippen LogP contribution < -0.4 is 10.1 Å². The van der Waals surface area contributed by atoms with Gasteiger partial charge in [-0.25, -0.2) is 4.68 Å². The van der Waals surface area contributed by atoms with Gasteiger partial charge < -0.3 is 10.1 Å². The van der Waals surface area contributed by atoms with Crippen LogP contribution in [0.3, 0.4) is 0 Å². The van der Waals surface area contributed by atoms with Gasteiger partial charge in [-0.2, -0.15) is 5.10 Å². The smallest absolute Gasteiger partial charge is 0.259 e. The molecule has 25 heavy (non-hydrogen) atoms. The fourth-order valence-electron chi connectivity index (χ4n) is 2.47. The highest BCUT2D eigenvalue weighted by Gasteiger charge is 2.17. The van der Waals surface area contributed by atoms with Crippen molar-refractivity contribution in [2.75, 3.05) is 12.4 Å². The van der Waals surface area contributed by atoms with Gasteiger partial charge in [-0.05, 0) is 43.3 Å². The van der Waals surface area contributed by atoms with Crippen LogP contribution in [0.25, 0.3) is 5.69 Å². The van der Waals surface area contributed by atoms with E-state index in [2.05, 4.69) is 26.3 Å². The third kappa shape index (κ3) is 3.70. The van der Waals surface area contributed by atoms with Crippen LogP contribution in [-0.2, 0) is 0 Å². The number of carbonyl (C=O) groups is 1. The van der Waals surface area contributed by atoms with E-state index in [1.807, 2.05) is 25.1 Å². The molecule has 0 aliphatic carbocycles. The number of hydrogen-bond acceptors (Lipinski definition) is 3. The number of benzene rings is 2. The van der Waals surface area contributed by atoms with E-state index in [1.54, 1.807) is 36.1 Å². The first-order valence-corrected chi connectivity index (χ1v) is 8.62. The number of nitrogens with one attached hydrogen (secondary N) is 1. The van der Waals surface area contributed by atoms with Gasteiger partial charge in [-0.15, -0.1) is 0 Å². The molecule has 5 nitrogen and oxygen atoms in total. The summed E-state index contributed by atoms with van der Waals surface area (Å²) in [5.74, 6) is 0.318. The van der Waals surface area contributed by atoms with E-state index < -0.39 is 0 Å². The molecule has 3 aromatic rings. The summed E-state index contributed by atoms with van der Waals surface area (Å²) in [7, 11) is 1.56. The summed E-state index contributed by atoms with van der Waals surface area (Å²) in [6.45, 7) is 1.83. The van der Waals surface area contributed by atoms with Crippen LogP contribution in [0.4, 0.5) is 5.69 Å². The summed E-state index contributed by atoms with van der Waals surface area (Å²) < 4.78 is 7.81. The third-order valence-corrected chi connectivity index (χ3v) is 4.45. The number of hydrogen-bond donors (Lipinski definition) is 1. The van der Waals surface area contributed by atoms with Gasteiger partial charge in [-0.3, -0.25) is 4.79 Å². The standard InChI is InChI=1S/C18H15BrClN3O2/c1-11-15(10-21-23(11)14-5-3-4-13(20)9-14)18(24)22-16-8-12(19)6-7-17(16)25-2/h3-10H,1-2H3,(H,22,24). The lowest BCUT2D eigenvalue weighted by molar-refractivity contribution is 0.102. The van der Waals surface area contributed by atoms with Crippen molar-refractivity contribution in [1.29, 1.82) is 0 Å². The van der Waals surface area contributed by atoms with Crippen LogP contribution in [-0.4, -0.2) is 22.8 Å². The van der Waals surface area contributed by atoms with E-state index in [-0.39, 0.29) is 5.91 Å². The molecule has 0 saturated heterocycles. The fraction of sp³-hybridized carbons (Fsp3) is 0.111. The predicted molar refractivity (Wildman–Crippen MR) is 102 cm³/mol. The Morgan fingerprint density at radius 2 is 2.08 bits per heavy atom. The number of halogens is 2. The maximum Gasteiger partial charge on any atom is 0.259 e. The summed E-state index contributed by atoms with van der Waals surface area (Å²) in [4.78, 5) is 12.7. The summed E-state index contributed by atoms with van der Waals surface area (Å²) in [6.07, 6.45) is 1.54. The second kappa shape index (κ2) is 7.29. The number of rotatable bonds is 4. The molecule has 0 atom stereocenters. The fourth-order valence-corrected chi connectivity index (χ4v) is 3.01. The first kappa shape index (κ1) is 17.5. The summed E-state index contributed by atoms with van der Waals surface area (Å²) in [6, 6.07) is 12.7. The number of carbonyl (C=O) groups excluding carboxylic acids is 1. The van der Waals surface area contributed by atoms with Crippen LogP contribution in [0, 0.1) is 6.92 Å². The molecule has 128 valence electrons. The van der Waals surface area contributed by atoms with Crippen molar-refractivity contribution in [2.45, 2.75) is 6.92 Å². The van der Waals surface area contributed by atoms with Gasteiger partial charge in [0.15, 0.2) is 0 Å². The van der Waals surface area contributed by atoms with E-state index in [1.165, 1.54) is 6.20 Å². The lowest BCUT2D eigenvalue weighted by Gasteiger charge is -2.11. The van der Waals surface area contributed by atoms with Crippen molar-refractivity contribution in [2.24, 2.45) is 0 Å². The Morgan fingerprint density at radius 1 is 1.28 bits per heavy atom. The lowest BCUT2D eigenvalue weighted by Crippen LogP contribution is -2.14. The number of ether oxygens (including phenoxy) is 1. The molecular formula is C18H15BrClN3O2. The highest BCUT2D eigenvalue weighted by molar-refractivity contribution is 9.10. The number of amides is 1. The highest BCUT2D eigenvalue weighted by atomic mass is 79.9. The SMILES string of the molecule is COc1ccc(Br)cc1NC(=O)c1cnn(-c2cccc(Cl)c2)c1C.